The number of hydrogen-bond donors (Lipinski definition) is 8. The molecule has 1 amide bonds. The normalized spacial score (nSPS) is 20.5. The fourth-order valence-corrected chi connectivity index (χ4v) is 9.34. The third-order valence-electron chi connectivity index (χ3n) is 14.1. The fraction of sp³-hybridized carbons (Fsp3) is 0.881. The van der Waals surface area contributed by atoms with Gasteiger partial charge in [-0.3, -0.25) is 4.79 Å². The number of carbonyl (C=O) groups is 1. The molecule has 1 fully saturated rings. The van der Waals surface area contributed by atoms with Crippen molar-refractivity contribution < 1.29 is 50.0 Å². The van der Waals surface area contributed by atoms with Gasteiger partial charge < -0.3 is 50.5 Å². The van der Waals surface area contributed by atoms with E-state index in [2.05, 4.69) is 55.6 Å². The van der Waals surface area contributed by atoms with Crippen LogP contribution in [0.2, 0.25) is 0 Å². The van der Waals surface area contributed by atoms with E-state index in [4.69, 9.17) is 9.47 Å². The van der Waals surface area contributed by atoms with Gasteiger partial charge in [0.05, 0.1) is 25.4 Å². The summed E-state index contributed by atoms with van der Waals surface area (Å²) in [5, 5.41) is 76.1. The van der Waals surface area contributed by atoms with E-state index in [1.165, 1.54) is 173 Å². The Morgan fingerprint density at radius 3 is 1.27 bits per heavy atom. The summed E-state index contributed by atoms with van der Waals surface area (Å²) in [7, 11) is 0. The van der Waals surface area contributed by atoms with Gasteiger partial charge in [0.1, 0.15) is 36.6 Å². The lowest BCUT2D eigenvalue weighted by atomic mass is 9.98. The zero-order valence-corrected chi connectivity index (χ0v) is 45.0. The van der Waals surface area contributed by atoms with Gasteiger partial charge in [0.2, 0.25) is 5.91 Å². The zero-order valence-electron chi connectivity index (χ0n) is 45.0. The minimum Gasteiger partial charge on any atom is -0.394 e. The summed E-state index contributed by atoms with van der Waals surface area (Å²) in [5.74, 6) is -0.711. The van der Waals surface area contributed by atoms with E-state index < -0.39 is 74.2 Å². The molecule has 1 aliphatic heterocycles. The second kappa shape index (κ2) is 48.3. The Bertz CT molecular complexity index is 1230. The molecule has 0 aromatic rings. The molecule has 0 spiro atoms. The molecular formula is C59H111NO10. The van der Waals surface area contributed by atoms with Crippen molar-refractivity contribution in [3.8, 4) is 0 Å². The number of ether oxygens (including phenoxy) is 2. The Labute approximate surface area is 428 Å². The number of unbranched alkanes of at least 4 members (excludes halogenated alkanes) is 32. The summed E-state index contributed by atoms with van der Waals surface area (Å²) in [6.07, 6.45) is 47.7. The minimum atomic E-state index is -1.67. The number of hydrogen-bond acceptors (Lipinski definition) is 10. The third-order valence-corrected chi connectivity index (χ3v) is 14.1. The molecule has 412 valence electrons. The predicted molar refractivity (Wildman–Crippen MR) is 289 cm³/mol. The largest absolute Gasteiger partial charge is 0.394 e. The summed E-state index contributed by atoms with van der Waals surface area (Å²) in [6.45, 7) is 3.46. The van der Waals surface area contributed by atoms with Crippen molar-refractivity contribution in [2.45, 2.75) is 319 Å². The molecule has 0 bridgehead atoms. The topological polar surface area (TPSA) is 189 Å². The van der Waals surface area contributed by atoms with E-state index in [1.807, 2.05) is 0 Å². The van der Waals surface area contributed by atoms with Crippen molar-refractivity contribution in [1.82, 2.24) is 5.32 Å². The maximum atomic E-state index is 13.2. The Balaban J connectivity index is 2.33. The van der Waals surface area contributed by atoms with Gasteiger partial charge in [0.15, 0.2) is 6.29 Å². The van der Waals surface area contributed by atoms with Crippen molar-refractivity contribution in [3.63, 3.8) is 0 Å². The van der Waals surface area contributed by atoms with Gasteiger partial charge in [-0.1, -0.05) is 224 Å². The van der Waals surface area contributed by atoms with Crippen molar-refractivity contribution in [2.75, 3.05) is 13.2 Å². The summed E-state index contributed by atoms with van der Waals surface area (Å²) >= 11 is 0. The van der Waals surface area contributed by atoms with Gasteiger partial charge in [-0.05, 0) is 77.0 Å². The Kier molecular flexibility index (Phi) is 45.8. The number of nitrogens with one attached hydrogen (secondary N) is 1. The molecule has 0 aromatic carbocycles. The van der Waals surface area contributed by atoms with Crippen LogP contribution in [0.1, 0.15) is 264 Å². The van der Waals surface area contributed by atoms with Gasteiger partial charge in [0.25, 0.3) is 0 Å². The molecule has 1 saturated heterocycles. The first-order valence-corrected chi connectivity index (χ1v) is 29.4. The first-order valence-electron chi connectivity index (χ1n) is 29.4. The predicted octanol–water partition coefficient (Wildman–Crippen LogP) is 12.3. The van der Waals surface area contributed by atoms with E-state index in [0.29, 0.717) is 19.3 Å². The molecule has 8 N–H and O–H groups in total. The van der Waals surface area contributed by atoms with Gasteiger partial charge in [-0.2, -0.15) is 0 Å². The average Bonchev–Trinajstić information content (AvgIpc) is 3.36. The molecule has 1 heterocycles. The van der Waals surface area contributed by atoms with Crippen LogP contribution in [0.25, 0.3) is 0 Å². The number of rotatable bonds is 50. The third kappa shape index (κ3) is 36.3. The smallest absolute Gasteiger partial charge is 0.249 e. The molecule has 0 aliphatic carbocycles. The van der Waals surface area contributed by atoms with E-state index >= 15 is 0 Å². The quantitative estimate of drug-likeness (QED) is 0.0215. The van der Waals surface area contributed by atoms with Crippen LogP contribution in [0.4, 0.5) is 0 Å². The summed E-state index contributed by atoms with van der Waals surface area (Å²) in [4.78, 5) is 13.2. The standard InChI is InChI=1S/C59H111NO10/c1-3-5-7-9-11-13-15-17-19-21-23-24-25-26-27-29-31-33-35-37-39-41-43-45-47-52(63)58(68)60-50(49-69-59-57(67)56(66)55(65)53(48-61)70-59)54(64)51(62)46-44-42-40-38-36-34-32-30-28-22-20-18-16-14-12-10-8-6-4-2/h26-27,30,32,38,40,50-57,59,61-67H,3-25,28-29,31,33-37,39,41-49H2,1-2H3,(H,60,68)/b27-26-,32-30+,40-38+. The lowest BCUT2D eigenvalue weighted by Crippen LogP contribution is -2.60. The van der Waals surface area contributed by atoms with E-state index in [0.717, 1.165) is 44.9 Å². The Hall–Kier alpha value is -1.67. The van der Waals surface area contributed by atoms with E-state index in [9.17, 15) is 40.5 Å². The molecule has 11 heteroatoms. The van der Waals surface area contributed by atoms with Gasteiger partial charge >= 0.3 is 0 Å². The lowest BCUT2D eigenvalue weighted by Gasteiger charge is -2.40. The Morgan fingerprint density at radius 2 is 0.857 bits per heavy atom. The van der Waals surface area contributed by atoms with Crippen LogP contribution in [0.3, 0.4) is 0 Å². The number of amides is 1. The van der Waals surface area contributed by atoms with E-state index in [1.54, 1.807) is 0 Å². The van der Waals surface area contributed by atoms with Crippen LogP contribution in [0.5, 0.6) is 0 Å². The minimum absolute atomic E-state index is 0.246. The summed E-state index contributed by atoms with van der Waals surface area (Å²) in [6, 6.07) is -1.19. The van der Waals surface area contributed by atoms with Crippen LogP contribution >= 0.6 is 0 Å². The second-order valence-electron chi connectivity index (χ2n) is 20.7. The van der Waals surface area contributed by atoms with Crippen molar-refractivity contribution in [1.29, 1.82) is 0 Å². The molecule has 70 heavy (non-hydrogen) atoms. The van der Waals surface area contributed by atoms with Crippen LogP contribution in [-0.2, 0) is 14.3 Å². The highest BCUT2D eigenvalue weighted by Crippen LogP contribution is 2.23. The SMILES string of the molecule is CCCCCCCCCCCC/C=C/CC/C=C/CCCC(O)C(O)C(COC1OC(CO)C(O)C(O)C1O)NC(=O)C(O)CCCCCCCCCC/C=C\CCCCCCCCCCCCCC. The number of allylic oxidation sites excluding steroid dienone is 6. The number of aliphatic hydroxyl groups excluding tert-OH is 7. The average molecular weight is 995 g/mol. The molecule has 0 saturated carbocycles. The van der Waals surface area contributed by atoms with Crippen molar-refractivity contribution >= 4 is 5.91 Å². The molecule has 0 radical (unpaired) electrons. The summed E-state index contributed by atoms with van der Waals surface area (Å²) in [5.41, 5.74) is 0. The lowest BCUT2D eigenvalue weighted by molar-refractivity contribution is -0.303. The zero-order chi connectivity index (χ0) is 51.1. The number of aliphatic hydroxyl groups is 7. The first kappa shape index (κ1) is 66.3. The molecular weight excluding hydrogens is 883 g/mol. The molecule has 0 aromatic heterocycles. The van der Waals surface area contributed by atoms with Gasteiger partial charge in [-0.25, -0.2) is 0 Å². The first-order chi connectivity index (χ1) is 34.2. The molecule has 9 unspecified atom stereocenters. The van der Waals surface area contributed by atoms with Crippen molar-refractivity contribution in [2.24, 2.45) is 0 Å². The maximum absolute atomic E-state index is 13.2. The molecule has 1 aliphatic rings. The molecule has 11 nitrogen and oxygen atoms in total. The van der Waals surface area contributed by atoms with E-state index in [-0.39, 0.29) is 12.8 Å². The maximum Gasteiger partial charge on any atom is 0.249 e. The molecule has 1 rings (SSSR count). The highest BCUT2D eigenvalue weighted by atomic mass is 16.7. The Morgan fingerprint density at radius 1 is 0.486 bits per heavy atom. The van der Waals surface area contributed by atoms with Crippen LogP contribution in [-0.4, -0.2) is 110 Å². The number of carbonyl (C=O) groups excluding carboxylic acids is 1. The van der Waals surface area contributed by atoms with Crippen molar-refractivity contribution in [3.05, 3.63) is 36.5 Å². The van der Waals surface area contributed by atoms with Gasteiger partial charge in [-0.15, -0.1) is 0 Å². The van der Waals surface area contributed by atoms with Crippen LogP contribution in [0, 0.1) is 0 Å². The monoisotopic (exact) mass is 994 g/mol. The van der Waals surface area contributed by atoms with Gasteiger partial charge in [0, 0.05) is 0 Å². The van der Waals surface area contributed by atoms with Crippen LogP contribution in [0.15, 0.2) is 36.5 Å². The highest BCUT2D eigenvalue weighted by molar-refractivity contribution is 5.80. The van der Waals surface area contributed by atoms with Crippen LogP contribution < -0.4 is 5.32 Å². The fourth-order valence-electron chi connectivity index (χ4n) is 9.34. The molecule has 9 atom stereocenters. The summed E-state index contributed by atoms with van der Waals surface area (Å²) < 4.78 is 11.1. The highest BCUT2D eigenvalue weighted by Gasteiger charge is 2.44. The second-order valence-corrected chi connectivity index (χ2v) is 20.7.